The topological polar surface area (TPSA) is 50.4 Å². The lowest BCUT2D eigenvalue weighted by Crippen LogP contribution is -2.32. The van der Waals surface area contributed by atoms with Crippen molar-refractivity contribution in [3.63, 3.8) is 0 Å². The van der Waals surface area contributed by atoms with Crippen LogP contribution in [0.2, 0.25) is 0 Å². The molecule has 0 spiro atoms. The smallest absolute Gasteiger partial charge is 0.162 e. The number of nitrogens with zero attached hydrogens (tertiary/aromatic N) is 1. The van der Waals surface area contributed by atoms with E-state index in [2.05, 4.69) is 10.4 Å². The van der Waals surface area contributed by atoms with E-state index in [9.17, 15) is 8.78 Å². The van der Waals surface area contributed by atoms with Crippen LogP contribution in [0.15, 0.2) is 23.2 Å². The first-order chi connectivity index (χ1) is 7.19. The van der Waals surface area contributed by atoms with Crippen molar-refractivity contribution in [3.8, 4) is 0 Å². The van der Waals surface area contributed by atoms with Crippen molar-refractivity contribution < 1.29 is 8.78 Å². The molecule has 0 radical (unpaired) electrons. The predicted octanol–water partition coefficient (Wildman–Crippen LogP) is 1.39. The summed E-state index contributed by atoms with van der Waals surface area (Å²) in [4.78, 5) is 4.00. The van der Waals surface area contributed by atoms with E-state index in [1.807, 2.05) is 6.92 Å². The number of nitrogens with two attached hydrogens (primary N) is 1. The average molecular weight is 213 g/mol. The first kappa shape index (κ1) is 11.6. The van der Waals surface area contributed by atoms with Crippen molar-refractivity contribution >= 4 is 5.84 Å². The molecule has 0 aliphatic carbocycles. The number of nitrogens with one attached hydrogen (secondary N) is 1. The van der Waals surface area contributed by atoms with Gasteiger partial charge in [0.25, 0.3) is 0 Å². The Morgan fingerprint density at radius 1 is 1.47 bits per heavy atom. The number of hydrogen-bond donors (Lipinski definition) is 2. The quantitative estimate of drug-likeness (QED) is 0.345. The van der Waals surface area contributed by atoms with Crippen LogP contribution in [0.25, 0.3) is 0 Å². The standard InChI is InChI=1S/C10H13F2N3/c1-2-14-9(15-13)6-7-4-3-5-8(11)10(7)12/h3-5H,2,6,13H2,1H3,(H,14,15). The zero-order chi connectivity index (χ0) is 11.3. The Bertz CT molecular complexity index is 364. The molecule has 0 saturated carbocycles. The van der Waals surface area contributed by atoms with Crippen LogP contribution < -0.4 is 11.3 Å². The number of amidine groups is 1. The third-order valence-corrected chi connectivity index (χ3v) is 1.91. The van der Waals surface area contributed by atoms with Crippen molar-refractivity contribution in [2.45, 2.75) is 13.3 Å². The molecular formula is C10H13F2N3. The number of benzene rings is 1. The molecule has 0 aliphatic rings. The summed E-state index contributed by atoms with van der Waals surface area (Å²) in [5.74, 6) is 3.92. The van der Waals surface area contributed by atoms with Crippen LogP contribution >= 0.6 is 0 Å². The second kappa shape index (κ2) is 5.41. The highest BCUT2D eigenvalue weighted by Crippen LogP contribution is 2.11. The second-order valence-corrected chi connectivity index (χ2v) is 2.96. The first-order valence-electron chi connectivity index (χ1n) is 4.61. The lowest BCUT2D eigenvalue weighted by atomic mass is 10.1. The highest BCUT2D eigenvalue weighted by molar-refractivity contribution is 5.83. The zero-order valence-electron chi connectivity index (χ0n) is 8.43. The molecule has 0 unspecified atom stereocenters. The second-order valence-electron chi connectivity index (χ2n) is 2.96. The van der Waals surface area contributed by atoms with Crippen molar-refractivity contribution in [1.82, 2.24) is 5.43 Å². The number of hydrogen-bond acceptors (Lipinski definition) is 2. The molecule has 5 heteroatoms. The van der Waals surface area contributed by atoms with Gasteiger partial charge in [0.15, 0.2) is 11.6 Å². The molecule has 0 bridgehead atoms. The fourth-order valence-corrected chi connectivity index (χ4v) is 1.21. The minimum Gasteiger partial charge on any atom is -0.312 e. The summed E-state index contributed by atoms with van der Waals surface area (Å²) in [6, 6.07) is 4.03. The van der Waals surface area contributed by atoms with Crippen molar-refractivity contribution in [1.29, 1.82) is 0 Å². The summed E-state index contributed by atoms with van der Waals surface area (Å²) < 4.78 is 26.1. The van der Waals surface area contributed by atoms with Gasteiger partial charge in [-0.2, -0.15) is 0 Å². The van der Waals surface area contributed by atoms with Gasteiger partial charge in [-0.1, -0.05) is 12.1 Å². The van der Waals surface area contributed by atoms with Crippen molar-refractivity contribution in [2.75, 3.05) is 6.54 Å². The van der Waals surface area contributed by atoms with E-state index < -0.39 is 11.6 Å². The van der Waals surface area contributed by atoms with E-state index in [0.29, 0.717) is 12.4 Å². The van der Waals surface area contributed by atoms with E-state index >= 15 is 0 Å². The van der Waals surface area contributed by atoms with Gasteiger partial charge in [0, 0.05) is 13.0 Å². The Labute approximate surface area is 87.0 Å². The van der Waals surface area contributed by atoms with Gasteiger partial charge in [-0.25, -0.2) is 14.6 Å². The SMILES string of the molecule is CCN=C(Cc1cccc(F)c1F)NN. The Kier molecular flexibility index (Phi) is 4.17. The molecule has 0 amide bonds. The van der Waals surface area contributed by atoms with Gasteiger partial charge < -0.3 is 5.43 Å². The van der Waals surface area contributed by atoms with Crippen molar-refractivity contribution in [3.05, 3.63) is 35.4 Å². The summed E-state index contributed by atoms with van der Waals surface area (Å²) in [6.45, 7) is 2.37. The minimum absolute atomic E-state index is 0.161. The molecule has 0 aromatic heterocycles. The van der Waals surface area contributed by atoms with Gasteiger partial charge in [0.2, 0.25) is 0 Å². The molecule has 0 aliphatic heterocycles. The van der Waals surface area contributed by atoms with Crippen LogP contribution in [0.3, 0.4) is 0 Å². The highest BCUT2D eigenvalue weighted by Gasteiger charge is 2.09. The summed E-state index contributed by atoms with van der Waals surface area (Å²) in [7, 11) is 0. The molecule has 0 fully saturated rings. The normalized spacial score (nSPS) is 11.6. The maximum absolute atomic E-state index is 13.2. The Morgan fingerprint density at radius 3 is 2.80 bits per heavy atom. The van der Waals surface area contributed by atoms with E-state index in [4.69, 9.17) is 5.84 Å². The van der Waals surface area contributed by atoms with Crippen LogP contribution in [0.5, 0.6) is 0 Å². The van der Waals surface area contributed by atoms with Gasteiger partial charge in [0.05, 0.1) is 0 Å². The van der Waals surface area contributed by atoms with E-state index in [1.54, 1.807) is 0 Å². The maximum Gasteiger partial charge on any atom is 0.162 e. The fraction of sp³-hybridized carbons (Fsp3) is 0.300. The summed E-state index contributed by atoms with van der Waals surface area (Å²) in [5, 5.41) is 0. The molecule has 1 aromatic carbocycles. The molecule has 3 N–H and O–H groups in total. The van der Waals surface area contributed by atoms with Gasteiger partial charge in [-0.15, -0.1) is 0 Å². The van der Waals surface area contributed by atoms with E-state index in [-0.39, 0.29) is 12.0 Å². The van der Waals surface area contributed by atoms with Crippen LogP contribution in [0.4, 0.5) is 8.78 Å². The zero-order valence-corrected chi connectivity index (χ0v) is 8.43. The molecule has 0 heterocycles. The van der Waals surface area contributed by atoms with Gasteiger partial charge >= 0.3 is 0 Å². The Hall–Kier alpha value is -1.49. The molecule has 15 heavy (non-hydrogen) atoms. The molecule has 0 saturated heterocycles. The average Bonchev–Trinajstić information content (AvgIpc) is 2.24. The van der Waals surface area contributed by atoms with Crippen LogP contribution in [-0.2, 0) is 6.42 Å². The third-order valence-electron chi connectivity index (χ3n) is 1.91. The minimum atomic E-state index is -0.861. The largest absolute Gasteiger partial charge is 0.312 e. The van der Waals surface area contributed by atoms with Gasteiger partial charge in [-0.3, -0.25) is 4.99 Å². The molecule has 82 valence electrons. The van der Waals surface area contributed by atoms with Crippen molar-refractivity contribution in [2.24, 2.45) is 10.8 Å². The maximum atomic E-state index is 13.2. The molecule has 1 aromatic rings. The Balaban J connectivity index is 2.88. The lowest BCUT2D eigenvalue weighted by molar-refractivity contribution is 0.501. The number of hydrazine groups is 1. The number of rotatable bonds is 3. The fourth-order valence-electron chi connectivity index (χ4n) is 1.21. The summed E-state index contributed by atoms with van der Waals surface area (Å²) >= 11 is 0. The third kappa shape index (κ3) is 2.99. The van der Waals surface area contributed by atoms with Crippen LogP contribution in [0.1, 0.15) is 12.5 Å². The van der Waals surface area contributed by atoms with Crippen LogP contribution in [-0.4, -0.2) is 12.4 Å². The number of aliphatic imine (C=N–C) groups is 1. The first-order valence-corrected chi connectivity index (χ1v) is 4.61. The monoisotopic (exact) mass is 213 g/mol. The van der Waals surface area contributed by atoms with E-state index in [1.165, 1.54) is 12.1 Å². The van der Waals surface area contributed by atoms with Gasteiger partial charge in [-0.05, 0) is 18.6 Å². The van der Waals surface area contributed by atoms with E-state index in [0.717, 1.165) is 6.07 Å². The van der Waals surface area contributed by atoms with Crippen LogP contribution in [0, 0.1) is 11.6 Å². The predicted molar refractivity (Wildman–Crippen MR) is 55.4 cm³/mol. The molecular weight excluding hydrogens is 200 g/mol. The highest BCUT2D eigenvalue weighted by atomic mass is 19.2. The molecule has 1 rings (SSSR count). The molecule has 0 atom stereocenters. The Morgan fingerprint density at radius 2 is 2.20 bits per heavy atom. The lowest BCUT2D eigenvalue weighted by Gasteiger charge is -2.06. The summed E-state index contributed by atoms with van der Waals surface area (Å²) in [5.41, 5.74) is 2.60. The summed E-state index contributed by atoms with van der Waals surface area (Å²) in [6.07, 6.45) is 0.161. The van der Waals surface area contributed by atoms with Gasteiger partial charge in [0.1, 0.15) is 5.84 Å². The molecule has 3 nitrogen and oxygen atoms in total. The number of halogens is 2.